The highest BCUT2D eigenvalue weighted by Gasteiger charge is 2.28. The van der Waals surface area contributed by atoms with E-state index in [9.17, 15) is 4.79 Å². The first-order chi connectivity index (χ1) is 16.1. The van der Waals surface area contributed by atoms with Crippen molar-refractivity contribution in [1.82, 2.24) is 20.1 Å². The summed E-state index contributed by atoms with van der Waals surface area (Å²) >= 11 is 0. The number of pyridine rings is 1. The van der Waals surface area contributed by atoms with Gasteiger partial charge in [-0.3, -0.25) is 9.78 Å². The fourth-order valence-electron chi connectivity index (χ4n) is 4.07. The predicted octanol–water partition coefficient (Wildman–Crippen LogP) is 3.35. The van der Waals surface area contributed by atoms with Gasteiger partial charge < -0.3 is 20.1 Å². The second-order valence-corrected chi connectivity index (χ2v) is 8.66. The zero-order valence-electron chi connectivity index (χ0n) is 19.0. The second kappa shape index (κ2) is 9.33. The predicted molar refractivity (Wildman–Crippen MR) is 126 cm³/mol. The van der Waals surface area contributed by atoms with Crippen LogP contribution in [0.3, 0.4) is 0 Å². The Hall–Kier alpha value is -3.23. The van der Waals surface area contributed by atoms with Crippen molar-refractivity contribution < 1.29 is 14.3 Å². The molecule has 1 amide bonds. The lowest BCUT2D eigenvalue weighted by Crippen LogP contribution is -2.34. The molecule has 0 bridgehead atoms. The molecule has 33 heavy (non-hydrogen) atoms. The third kappa shape index (κ3) is 4.91. The molecule has 1 saturated carbocycles. The Labute approximate surface area is 193 Å². The highest BCUT2D eigenvalue weighted by molar-refractivity contribution is 5.96. The lowest BCUT2D eigenvalue weighted by molar-refractivity contribution is 0.0478. The van der Waals surface area contributed by atoms with E-state index in [1.807, 2.05) is 50.5 Å². The van der Waals surface area contributed by atoms with E-state index >= 15 is 0 Å². The van der Waals surface area contributed by atoms with Gasteiger partial charge in [0.1, 0.15) is 6.10 Å². The van der Waals surface area contributed by atoms with Crippen LogP contribution < -0.4 is 10.6 Å². The van der Waals surface area contributed by atoms with Crippen LogP contribution in [-0.2, 0) is 9.47 Å². The topological polar surface area (TPSA) is 90.3 Å². The summed E-state index contributed by atoms with van der Waals surface area (Å²) in [7, 11) is 0. The highest BCUT2D eigenvalue weighted by Crippen LogP contribution is 2.27. The number of hydrogen-bond acceptors (Lipinski definition) is 6. The monoisotopic (exact) mass is 447 g/mol. The lowest BCUT2D eigenvalue weighted by atomic mass is 10.0. The first kappa shape index (κ1) is 21.6. The van der Waals surface area contributed by atoms with Gasteiger partial charge in [0.25, 0.3) is 5.91 Å². The molecule has 3 aromatic rings. The van der Waals surface area contributed by atoms with Crippen molar-refractivity contribution in [3.63, 3.8) is 0 Å². The van der Waals surface area contributed by atoms with E-state index in [0.29, 0.717) is 31.4 Å². The maximum Gasteiger partial charge on any atom is 0.251 e. The van der Waals surface area contributed by atoms with E-state index in [1.165, 1.54) is 0 Å². The van der Waals surface area contributed by atoms with Crippen molar-refractivity contribution in [3.8, 4) is 16.8 Å². The number of anilines is 1. The molecule has 172 valence electrons. The number of rotatable bonds is 8. The fraction of sp³-hybridized carbons (Fsp3) is 0.400. The maximum atomic E-state index is 12.5. The highest BCUT2D eigenvalue weighted by atomic mass is 16.5. The first-order valence-electron chi connectivity index (χ1n) is 11.5. The van der Waals surface area contributed by atoms with Crippen LogP contribution in [0.5, 0.6) is 0 Å². The number of aromatic nitrogens is 3. The first-order valence-corrected chi connectivity index (χ1v) is 11.5. The molecule has 0 radical (unpaired) electrons. The number of ether oxygens (including phenoxy) is 2. The molecule has 2 atom stereocenters. The third-order valence-electron chi connectivity index (χ3n) is 6.06. The van der Waals surface area contributed by atoms with E-state index in [0.717, 1.165) is 40.9 Å². The van der Waals surface area contributed by atoms with Gasteiger partial charge in [-0.25, -0.2) is 4.68 Å². The number of benzene rings is 1. The Morgan fingerprint density at radius 3 is 2.91 bits per heavy atom. The minimum absolute atomic E-state index is 0.0182. The molecule has 2 aliphatic rings. The Balaban J connectivity index is 1.35. The van der Waals surface area contributed by atoms with Crippen LogP contribution >= 0.6 is 0 Å². The number of nitrogens with one attached hydrogen (secondary N) is 2. The second-order valence-electron chi connectivity index (χ2n) is 8.66. The Morgan fingerprint density at radius 2 is 2.09 bits per heavy atom. The summed E-state index contributed by atoms with van der Waals surface area (Å²) in [6.45, 7) is 5.88. The molecule has 8 nitrogen and oxygen atoms in total. The van der Waals surface area contributed by atoms with Crippen LogP contribution in [0.25, 0.3) is 16.8 Å². The van der Waals surface area contributed by atoms with Crippen LogP contribution in [0.4, 0.5) is 5.69 Å². The van der Waals surface area contributed by atoms with Gasteiger partial charge in [-0.05, 0) is 56.0 Å². The molecule has 1 aliphatic heterocycles. The molecule has 1 aliphatic carbocycles. The molecule has 2 fully saturated rings. The number of carbonyl (C=O) groups is 1. The molecule has 0 unspecified atom stereocenters. The summed E-state index contributed by atoms with van der Waals surface area (Å²) in [5, 5.41) is 11.1. The van der Waals surface area contributed by atoms with Gasteiger partial charge in [0.05, 0.1) is 49.2 Å². The van der Waals surface area contributed by atoms with Gasteiger partial charge in [0.15, 0.2) is 0 Å². The SMILES string of the molecule is CCO[C@H]1COC[C@@H]1Nc1cncc(-n2cc(-c3cc(C(=O)NC4CC4)ccc3C)cn2)c1. The molecule has 2 aromatic heterocycles. The fourth-order valence-corrected chi connectivity index (χ4v) is 4.07. The van der Waals surface area contributed by atoms with Crippen molar-refractivity contribution in [2.24, 2.45) is 0 Å². The van der Waals surface area contributed by atoms with Crippen molar-refractivity contribution in [1.29, 1.82) is 0 Å². The summed E-state index contributed by atoms with van der Waals surface area (Å²) in [5.74, 6) is -0.0182. The molecular weight excluding hydrogens is 418 g/mol. The Bertz CT molecular complexity index is 1140. The molecule has 1 saturated heterocycles. The molecule has 1 aromatic carbocycles. The molecular formula is C25H29N5O3. The Morgan fingerprint density at radius 1 is 1.21 bits per heavy atom. The minimum atomic E-state index is -0.0182. The van der Waals surface area contributed by atoms with Crippen molar-refractivity contribution in [2.75, 3.05) is 25.1 Å². The number of aryl methyl sites for hydroxylation is 1. The van der Waals surface area contributed by atoms with Gasteiger partial charge in [0.2, 0.25) is 0 Å². The summed E-state index contributed by atoms with van der Waals surface area (Å²) in [4.78, 5) is 16.9. The summed E-state index contributed by atoms with van der Waals surface area (Å²) in [5.41, 5.74) is 5.44. The average molecular weight is 448 g/mol. The van der Waals surface area contributed by atoms with Crippen LogP contribution in [0.2, 0.25) is 0 Å². The smallest absolute Gasteiger partial charge is 0.251 e. The van der Waals surface area contributed by atoms with E-state index in [-0.39, 0.29) is 18.1 Å². The van der Waals surface area contributed by atoms with Gasteiger partial charge in [-0.15, -0.1) is 0 Å². The quantitative estimate of drug-likeness (QED) is 0.550. The largest absolute Gasteiger partial charge is 0.376 e. The van der Waals surface area contributed by atoms with Crippen molar-refractivity contribution >= 4 is 11.6 Å². The van der Waals surface area contributed by atoms with Gasteiger partial charge >= 0.3 is 0 Å². The normalized spacial score (nSPS) is 20.1. The summed E-state index contributed by atoms with van der Waals surface area (Å²) < 4.78 is 13.1. The van der Waals surface area contributed by atoms with Crippen LogP contribution in [0.1, 0.15) is 35.7 Å². The van der Waals surface area contributed by atoms with Crippen molar-refractivity contribution in [2.45, 2.75) is 44.9 Å². The number of hydrogen-bond donors (Lipinski definition) is 2. The molecule has 2 N–H and O–H groups in total. The number of amides is 1. The van der Waals surface area contributed by atoms with E-state index in [2.05, 4.69) is 20.7 Å². The zero-order valence-corrected chi connectivity index (χ0v) is 19.0. The Kier molecular flexibility index (Phi) is 6.11. The van der Waals surface area contributed by atoms with Crippen LogP contribution in [0, 0.1) is 6.92 Å². The van der Waals surface area contributed by atoms with Crippen molar-refractivity contribution in [3.05, 3.63) is 60.2 Å². The molecule has 8 heteroatoms. The molecule has 5 rings (SSSR count). The number of carbonyl (C=O) groups excluding carboxylic acids is 1. The molecule has 3 heterocycles. The maximum absolute atomic E-state index is 12.5. The summed E-state index contributed by atoms with van der Waals surface area (Å²) in [6.07, 6.45) is 9.52. The minimum Gasteiger partial charge on any atom is -0.376 e. The van der Waals surface area contributed by atoms with Gasteiger partial charge in [-0.2, -0.15) is 5.10 Å². The zero-order chi connectivity index (χ0) is 22.8. The van der Waals surface area contributed by atoms with E-state index in [1.54, 1.807) is 17.1 Å². The lowest BCUT2D eigenvalue weighted by Gasteiger charge is -2.20. The van der Waals surface area contributed by atoms with Crippen LogP contribution in [0.15, 0.2) is 49.1 Å². The van der Waals surface area contributed by atoms with Crippen LogP contribution in [-0.4, -0.2) is 58.7 Å². The summed E-state index contributed by atoms with van der Waals surface area (Å²) in [6, 6.07) is 8.23. The van der Waals surface area contributed by atoms with Gasteiger partial charge in [-0.1, -0.05) is 6.07 Å². The van der Waals surface area contributed by atoms with E-state index in [4.69, 9.17) is 9.47 Å². The third-order valence-corrected chi connectivity index (χ3v) is 6.06. The molecule has 0 spiro atoms. The number of nitrogens with zero attached hydrogens (tertiary/aromatic N) is 3. The standard InChI is InChI=1S/C25H29N5O3/c1-3-33-24-15-32-14-23(24)28-20-9-21(12-26-11-20)30-13-18(10-27-30)22-8-17(5-4-16(22)2)25(31)29-19-6-7-19/h4-5,8-13,19,23-24,28H,3,6-7,14-15H2,1-2H3,(H,29,31)/t23-,24-/m0/s1. The average Bonchev–Trinajstić information content (AvgIpc) is 3.30. The van der Waals surface area contributed by atoms with Gasteiger partial charge in [0, 0.05) is 30.0 Å². The van der Waals surface area contributed by atoms with E-state index < -0.39 is 0 Å².